The fraction of sp³-hybridized carbons (Fsp3) is 0.316. The van der Waals surface area contributed by atoms with Crippen molar-refractivity contribution in [2.75, 3.05) is 23.6 Å². The fourth-order valence-electron chi connectivity index (χ4n) is 4.54. The molecule has 0 radical (unpaired) electrons. The molecule has 2 saturated heterocycles. The lowest BCUT2D eigenvalue weighted by atomic mass is 9.77. The summed E-state index contributed by atoms with van der Waals surface area (Å²) in [7, 11) is 0. The molecule has 142 valence electrons. The van der Waals surface area contributed by atoms with Crippen LogP contribution in [0.25, 0.3) is 0 Å². The topological polar surface area (TPSA) is 90.0 Å². The van der Waals surface area contributed by atoms with E-state index in [0.29, 0.717) is 28.9 Å². The van der Waals surface area contributed by atoms with Gasteiger partial charge in [0.1, 0.15) is 5.60 Å². The van der Waals surface area contributed by atoms with E-state index in [1.165, 1.54) is 11.3 Å². The average molecular weight is 397 g/mol. The summed E-state index contributed by atoms with van der Waals surface area (Å²) in [5, 5.41) is 5.12. The van der Waals surface area contributed by atoms with Crippen LogP contribution in [-0.4, -0.2) is 41.8 Å². The SMILES string of the molecule is O=C(Nc1nccs1)C1C2C=CC3(CN(c4ccc5c(c4)OCO5)C(=O)C13)O2. The van der Waals surface area contributed by atoms with E-state index >= 15 is 0 Å². The summed E-state index contributed by atoms with van der Waals surface area (Å²) in [5.41, 5.74) is -0.0687. The molecule has 0 saturated carbocycles. The first-order chi connectivity index (χ1) is 13.6. The fourth-order valence-corrected chi connectivity index (χ4v) is 5.08. The third-order valence-electron chi connectivity index (χ3n) is 5.73. The summed E-state index contributed by atoms with van der Waals surface area (Å²) < 4.78 is 16.9. The van der Waals surface area contributed by atoms with Crippen molar-refractivity contribution in [2.45, 2.75) is 11.7 Å². The van der Waals surface area contributed by atoms with E-state index in [1.54, 1.807) is 28.6 Å². The molecule has 4 unspecified atom stereocenters. The lowest BCUT2D eigenvalue weighted by Gasteiger charge is -2.22. The standard InChI is InChI=1S/C19H15N3O5S/c23-16(21-18-20-5-6-28-18)14-12-3-4-19(27-12)8-22(17(24)15(14)19)10-1-2-11-13(7-10)26-9-25-11/h1-7,12,14-15H,8-9H2,(H,20,21,23). The Hall–Kier alpha value is -2.91. The van der Waals surface area contributed by atoms with E-state index in [9.17, 15) is 9.59 Å². The zero-order valence-electron chi connectivity index (χ0n) is 14.5. The number of hydrogen-bond donors (Lipinski definition) is 1. The van der Waals surface area contributed by atoms with E-state index in [0.717, 1.165) is 0 Å². The van der Waals surface area contributed by atoms with E-state index in [2.05, 4.69) is 10.3 Å². The second-order valence-electron chi connectivity index (χ2n) is 7.19. The van der Waals surface area contributed by atoms with Gasteiger partial charge in [-0.05, 0) is 12.1 Å². The van der Waals surface area contributed by atoms with Gasteiger partial charge in [0.2, 0.25) is 18.6 Å². The van der Waals surface area contributed by atoms with Crippen LogP contribution in [0.5, 0.6) is 11.5 Å². The first kappa shape index (κ1) is 16.1. The number of rotatable bonds is 3. The Balaban J connectivity index is 1.32. The predicted molar refractivity (Wildman–Crippen MR) is 99.4 cm³/mol. The van der Waals surface area contributed by atoms with E-state index in [1.807, 2.05) is 18.2 Å². The molecule has 1 aromatic heterocycles. The van der Waals surface area contributed by atoms with Crippen LogP contribution in [-0.2, 0) is 14.3 Å². The maximum atomic E-state index is 13.3. The van der Waals surface area contributed by atoms with Crippen LogP contribution in [0, 0.1) is 11.8 Å². The number of benzene rings is 1. The molecule has 28 heavy (non-hydrogen) atoms. The van der Waals surface area contributed by atoms with E-state index < -0.39 is 23.5 Å². The first-order valence-corrected chi connectivity index (χ1v) is 9.81. The van der Waals surface area contributed by atoms with Crippen LogP contribution in [0.15, 0.2) is 41.9 Å². The lowest BCUT2D eigenvalue weighted by Crippen LogP contribution is -2.41. The monoisotopic (exact) mass is 397 g/mol. The van der Waals surface area contributed by atoms with Crippen molar-refractivity contribution >= 4 is 34.0 Å². The minimum Gasteiger partial charge on any atom is -0.454 e. The zero-order chi connectivity index (χ0) is 18.9. The number of hydrogen-bond acceptors (Lipinski definition) is 7. The van der Waals surface area contributed by atoms with Gasteiger partial charge >= 0.3 is 0 Å². The number of anilines is 2. The average Bonchev–Trinajstić information content (AvgIpc) is 3.49. The van der Waals surface area contributed by atoms with Gasteiger partial charge in [-0.3, -0.25) is 9.59 Å². The van der Waals surface area contributed by atoms with Crippen LogP contribution < -0.4 is 19.7 Å². The van der Waals surface area contributed by atoms with Gasteiger partial charge in [0.05, 0.1) is 24.5 Å². The molecule has 2 bridgehead atoms. The van der Waals surface area contributed by atoms with Crippen molar-refractivity contribution in [3.8, 4) is 11.5 Å². The second kappa shape index (κ2) is 5.55. The lowest BCUT2D eigenvalue weighted by molar-refractivity contribution is -0.128. The largest absolute Gasteiger partial charge is 0.454 e. The minimum absolute atomic E-state index is 0.120. The van der Waals surface area contributed by atoms with Gasteiger partial charge < -0.3 is 24.4 Å². The molecule has 1 aromatic carbocycles. The highest BCUT2D eigenvalue weighted by Gasteiger charge is 2.67. The Bertz CT molecular complexity index is 1020. The molecule has 9 heteroatoms. The van der Waals surface area contributed by atoms with Gasteiger partial charge in [0.25, 0.3) is 0 Å². The molecule has 1 spiro atoms. The number of nitrogens with zero attached hydrogens (tertiary/aromatic N) is 2. The molecule has 4 atom stereocenters. The predicted octanol–water partition coefficient (Wildman–Crippen LogP) is 1.80. The highest BCUT2D eigenvalue weighted by molar-refractivity contribution is 7.13. The van der Waals surface area contributed by atoms with Crippen LogP contribution in [0.4, 0.5) is 10.8 Å². The Morgan fingerprint density at radius 3 is 3.07 bits per heavy atom. The summed E-state index contributed by atoms with van der Waals surface area (Å²) in [6.45, 7) is 0.538. The molecule has 1 N–H and O–H groups in total. The summed E-state index contributed by atoms with van der Waals surface area (Å²) in [5.74, 6) is -0.236. The van der Waals surface area contributed by atoms with E-state index in [4.69, 9.17) is 14.2 Å². The molecular formula is C19H15N3O5S. The molecule has 4 aliphatic rings. The highest BCUT2D eigenvalue weighted by atomic mass is 32.1. The zero-order valence-corrected chi connectivity index (χ0v) is 15.3. The first-order valence-electron chi connectivity index (χ1n) is 8.93. The molecule has 2 fully saturated rings. The van der Waals surface area contributed by atoms with Crippen molar-refractivity contribution < 1.29 is 23.8 Å². The maximum Gasteiger partial charge on any atom is 0.234 e. The third kappa shape index (κ3) is 2.11. The van der Waals surface area contributed by atoms with Crippen LogP contribution in [0.1, 0.15) is 0 Å². The maximum absolute atomic E-state index is 13.3. The van der Waals surface area contributed by atoms with Crippen LogP contribution in [0.2, 0.25) is 0 Å². The van der Waals surface area contributed by atoms with Crippen LogP contribution >= 0.6 is 11.3 Å². The Morgan fingerprint density at radius 1 is 1.32 bits per heavy atom. The van der Waals surface area contributed by atoms with Gasteiger partial charge in [0, 0.05) is 23.3 Å². The number of thiazole rings is 1. The Labute approximate surface area is 163 Å². The molecule has 2 amide bonds. The van der Waals surface area contributed by atoms with Crippen molar-refractivity contribution in [2.24, 2.45) is 11.8 Å². The number of nitrogens with one attached hydrogen (secondary N) is 1. The molecule has 5 heterocycles. The Kier molecular flexibility index (Phi) is 3.19. The smallest absolute Gasteiger partial charge is 0.234 e. The van der Waals surface area contributed by atoms with Gasteiger partial charge in [-0.2, -0.15) is 0 Å². The van der Waals surface area contributed by atoms with Crippen molar-refractivity contribution in [1.82, 2.24) is 4.98 Å². The quantitative estimate of drug-likeness (QED) is 0.795. The molecule has 2 aromatic rings. The summed E-state index contributed by atoms with van der Waals surface area (Å²) in [6.07, 6.45) is 5.05. The normalized spacial score (nSPS) is 31.5. The molecule has 8 nitrogen and oxygen atoms in total. The summed E-state index contributed by atoms with van der Waals surface area (Å²) in [6, 6.07) is 5.40. The van der Waals surface area contributed by atoms with Crippen LogP contribution in [0.3, 0.4) is 0 Å². The summed E-state index contributed by atoms with van der Waals surface area (Å²) >= 11 is 1.34. The molecule has 0 aliphatic carbocycles. The highest BCUT2D eigenvalue weighted by Crippen LogP contribution is 2.53. The summed E-state index contributed by atoms with van der Waals surface area (Å²) in [4.78, 5) is 32.0. The molecule has 6 rings (SSSR count). The van der Waals surface area contributed by atoms with Gasteiger partial charge in [0.15, 0.2) is 16.6 Å². The van der Waals surface area contributed by atoms with Gasteiger partial charge in [-0.25, -0.2) is 4.98 Å². The number of fused-ring (bicyclic) bond motifs is 2. The number of aromatic nitrogens is 1. The number of carbonyl (C=O) groups is 2. The third-order valence-corrected chi connectivity index (χ3v) is 6.42. The van der Waals surface area contributed by atoms with Gasteiger partial charge in [-0.15, -0.1) is 11.3 Å². The van der Waals surface area contributed by atoms with Crippen molar-refractivity contribution in [3.63, 3.8) is 0 Å². The minimum atomic E-state index is -0.775. The van der Waals surface area contributed by atoms with E-state index in [-0.39, 0.29) is 18.6 Å². The Morgan fingerprint density at radius 2 is 2.21 bits per heavy atom. The van der Waals surface area contributed by atoms with Crippen molar-refractivity contribution in [3.05, 3.63) is 41.9 Å². The number of ether oxygens (including phenoxy) is 3. The molecular weight excluding hydrogens is 382 g/mol. The number of carbonyl (C=O) groups excluding carboxylic acids is 2. The number of amides is 2. The van der Waals surface area contributed by atoms with Crippen molar-refractivity contribution in [1.29, 1.82) is 0 Å². The van der Waals surface area contributed by atoms with Gasteiger partial charge in [-0.1, -0.05) is 12.2 Å². The second-order valence-corrected chi connectivity index (χ2v) is 8.08. The molecule has 4 aliphatic heterocycles.